The van der Waals surface area contributed by atoms with Gasteiger partial charge < -0.3 is 9.73 Å². The predicted molar refractivity (Wildman–Crippen MR) is 71.0 cm³/mol. The Bertz CT molecular complexity index is 301. The third-order valence-electron chi connectivity index (χ3n) is 4.06. The highest BCUT2D eigenvalue weighted by Gasteiger charge is 2.22. The number of rotatable bonds is 6. The molecule has 0 aromatic carbocycles. The monoisotopic (exact) mass is 235 g/mol. The number of hydrogen-bond donors (Lipinski definition) is 1. The summed E-state index contributed by atoms with van der Waals surface area (Å²) < 4.78 is 5.36. The van der Waals surface area contributed by atoms with E-state index in [1.165, 1.54) is 25.7 Å². The van der Waals surface area contributed by atoms with Crippen LogP contribution in [0.2, 0.25) is 0 Å². The molecule has 96 valence electrons. The standard InChI is InChI=1S/C15H25NO/c1-12(9-10-15-8-5-11-17-15)16-13(2)14-6-3-4-7-14/h5,8,11-14,16H,3-4,6-7,9-10H2,1-2H3/t12?,13-/m1/s1. The summed E-state index contributed by atoms with van der Waals surface area (Å²) in [5.41, 5.74) is 0. The summed E-state index contributed by atoms with van der Waals surface area (Å²) in [6, 6.07) is 5.28. The molecule has 1 aliphatic rings. The van der Waals surface area contributed by atoms with Crippen molar-refractivity contribution < 1.29 is 4.42 Å². The summed E-state index contributed by atoms with van der Waals surface area (Å²) in [5.74, 6) is 2.01. The summed E-state index contributed by atoms with van der Waals surface area (Å²) in [4.78, 5) is 0. The highest BCUT2D eigenvalue weighted by Crippen LogP contribution is 2.27. The van der Waals surface area contributed by atoms with Crippen molar-refractivity contribution in [3.63, 3.8) is 0 Å². The molecule has 2 rings (SSSR count). The average Bonchev–Trinajstić information content (AvgIpc) is 2.99. The molecular formula is C15H25NO. The maximum absolute atomic E-state index is 5.36. The quantitative estimate of drug-likeness (QED) is 0.812. The van der Waals surface area contributed by atoms with E-state index >= 15 is 0 Å². The Morgan fingerprint density at radius 3 is 2.76 bits per heavy atom. The summed E-state index contributed by atoms with van der Waals surface area (Å²) in [6.07, 6.45) is 9.64. The molecule has 0 aliphatic heterocycles. The van der Waals surface area contributed by atoms with Crippen LogP contribution >= 0.6 is 0 Å². The Kier molecular flexibility index (Phi) is 4.66. The van der Waals surface area contributed by atoms with E-state index in [9.17, 15) is 0 Å². The van der Waals surface area contributed by atoms with E-state index < -0.39 is 0 Å². The largest absolute Gasteiger partial charge is 0.469 e. The van der Waals surface area contributed by atoms with Gasteiger partial charge in [0.15, 0.2) is 0 Å². The summed E-state index contributed by atoms with van der Waals surface area (Å²) in [5, 5.41) is 3.74. The first-order valence-corrected chi connectivity index (χ1v) is 7.04. The normalized spacial score (nSPS) is 20.6. The lowest BCUT2D eigenvalue weighted by Gasteiger charge is -2.24. The molecule has 1 aromatic rings. The molecule has 1 fully saturated rings. The van der Waals surface area contributed by atoms with E-state index in [2.05, 4.69) is 25.2 Å². The Hall–Kier alpha value is -0.760. The molecule has 0 radical (unpaired) electrons. The highest BCUT2D eigenvalue weighted by molar-refractivity contribution is 4.98. The summed E-state index contributed by atoms with van der Waals surface area (Å²) in [6.45, 7) is 4.63. The van der Waals surface area contributed by atoms with E-state index in [1.807, 2.05) is 6.07 Å². The molecule has 1 N–H and O–H groups in total. The topological polar surface area (TPSA) is 25.2 Å². The van der Waals surface area contributed by atoms with Crippen molar-refractivity contribution >= 4 is 0 Å². The molecule has 2 atom stereocenters. The maximum Gasteiger partial charge on any atom is 0.103 e. The van der Waals surface area contributed by atoms with Gasteiger partial charge in [0.25, 0.3) is 0 Å². The SMILES string of the molecule is CC(CCc1ccco1)N[C@H](C)C1CCCC1. The van der Waals surface area contributed by atoms with Crippen LogP contribution in [0.15, 0.2) is 22.8 Å². The van der Waals surface area contributed by atoms with Gasteiger partial charge in [0.1, 0.15) is 5.76 Å². The van der Waals surface area contributed by atoms with Crippen LogP contribution in [-0.2, 0) is 6.42 Å². The lowest BCUT2D eigenvalue weighted by Crippen LogP contribution is -2.38. The molecule has 2 nitrogen and oxygen atoms in total. The molecule has 1 heterocycles. The van der Waals surface area contributed by atoms with Crippen LogP contribution in [0.5, 0.6) is 0 Å². The molecule has 0 saturated heterocycles. The minimum Gasteiger partial charge on any atom is -0.469 e. The van der Waals surface area contributed by atoms with Crippen LogP contribution < -0.4 is 5.32 Å². The van der Waals surface area contributed by atoms with E-state index in [4.69, 9.17) is 4.42 Å². The average molecular weight is 235 g/mol. The second kappa shape index (κ2) is 6.25. The van der Waals surface area contributed by atoms with Crippen LogP contribution in [0.4, 0.5) is 0 Å². The van der Waals surface area contributed by atoms with Crippen LogP contribution in [0.1, 0.15) is 51.7 Å². The smallest absolute Gasteiger partial charge is 0.103 e. The minimum atomic E-state index is 0.579. The maximum atomic E-state index is 5.36. The zero-order valence-corrected chi connectivity index (χ0v) is 11.1. The van der Waals surface area contributed by atoms with Crippen LogP contribution in [0.3, 0.4) is 0 Å². The first-order valence-electron chi connectivity index (χ1n) is 7.04. The Labute approximate surface area is 105 Å². The van der Waals surface area contributed by atoms with Crippen molar-refractivity contribution in [1.82, 2.24) is 5.32 Å². The molecule has 0 spiro atoms. The second-order valence-electron chi connectivity index (χ2n) is 5.52. The van der Waals surface area contributed by atoms with Crippen molar-refractivity contribution in [3.8, 4) is 0 Å². The fourth-order valence-electron chi connectivity index (χ4n) is 2.94. The third kappa shape index (κ3) is 3.88. The Morgan fingerprint density at radius 2 is 2.12 bits per heavy atom. The van der Waals surface area contributed by atoms with Crippen LogP contribution in [0.25, 0.3) is 0 Å². The van der Waals surface area contributed by atoms with Gasteiger partial charge in [-0.1, -0.05) is 12.8 Å². The zero-order valence-electron chi connectivity index (χ0n) is 11.1. The van der Waals surface area contributed by atoms with Gasteiger partial charge in [-0.15, -0.1) is 0 Å². The van der Waals surface area contributed by atoms with E-state index in [-0.39, 0.29) is 0 Å². The van der Waals surface area contributed by atoms with Gasteiger partial charge in [0.2, 0.25) is 0 Å². The minimum absolute atomic E-state index is 0.579. The lowest BCUT2D eigenvalue weighted by molar-refractivity contribution is 0.337. The van der Waals surface area contributed by atoms with Gasteiger partial charge in [0.05, 0.1) is 6.26 Å². The molecule has 1 saturated carbocycles. The fourth-order valence-corrected chi connectivity index (χ4v) is 2.94. The first-order chi connectivity index (χ1) is 8.25. The molecule has 0 bridgehead atoms. The van der Waals surface area contributed by atoms with Gasteiger partial charge in [0, 0.05) is 18.5 Å². The molecule has 1 unspecified atom stereocenters. The highest BCUT2D eigenvalue weighted by atomic mass is 16.3. The van der Waals surface area contributed by atoms with E-state index in [0.717, 1.165) is 24.5 Å². The Morgan fingerprint density at radius 1 is 1.35 bits per heavy atom. The first kappa shape index (κ1) is 12.7. The van der Waals surface area contributed by atoms with Gasteiger partial charge >= 0.3 is 0 Å². The van der Waals surface area contributed by atoms with Crippen molar-refractivity contribution in [2.75, 3.05) is 0 Å². The van der Waals surface area contributed by atoms with E-state index in [0.29, 0.717) is 12.1 Å². The van der Waals surface area contributed by atoms with Crippen molar-refractivity contribution in [2.45, 2.75) is 64.5 Å². The predicted octanol–water partition coefficient (Wildman–Crippen LogP) is 3.77. The van der Waals surface area contributed by atoms with Gasteiger partial charge in [-0.05, 0) is 51.2 Å². The summed E-state index contributed by atoms with van der Waals surface area (Å²) >= 11 is 0. The number of hydrogen-bond acceptors (Lipinski definition) is 2. The van der Waals surface area contributed by atoms with E-state index in [1.54, 1.807) is 6.26 Å². The van der Waals surface area contributed by atoms with Crippen LogP contribution in [-0.4, -0.2) is 12.1 Å². The lowest BCUT2D eigenvalue weighted by atomic mass is 9.98. The van der Waals surface area contributed by atoms with Crippen molar-refractivity contribution in [2.24, 2.45) is 5.92 Å². The Balaban J connectivity index is 1.67. The molecular weight excluding hydrogens is 210 g/mol. The molecule has 1 aliphatic carbocycles. The molecule has 17 heavy (non-hydrogen) atoms. The molecule has 1 aromatic heterocycles. The fraction of sp³-hybridized carbons (Fsp3) is 0.733. The van der Waals surface area contributed by atoms with Gasteiger partial charge in [-0.3, -0.25) is 0 Å². The summed E-state index contributed by atoms with van der Waals surface area (Å²) in [7, 11) is 0. The van der Waals surface area contributed by atoms with Crippen molar-refractivity contribution in [3.05, 3.63) is 24.2 Å². The van der Waals surface area contributed by atoms with Gasteiger partial charge in [-0.25, -0.2) is 0 Å². The van der Waals surface area contributed by atoms with Crippen molar-refractivity contribution in [1.29, 1.82) is 0 Å². The molecule has 0 amide bonds. The zero-order chi connectivity index (χ0) is 12.1. The number of aryl methyl sites for hydroxylation is 1. The number of furan rings is 1. The second-order valence-corrected chi connectivity index (χ2v) is 5.52. The van der Waals surface area contributed by atoms with Gasteiger partial charge in [-0.2, -0.15) is 0 Å². The molecule has 2 heteroatoms. The third-order valence-corrected chi connectivity index (χ3v) is 4.06. The van der Waals surface area contributed by atoms with Crippen LogP contribution in [0, 0.1) is 5.92 Å². The number of nitrogens with one attached hydrogen (secondary N) is 1.